The molecule has 0 saturated carbocycles. The molecule has 0 spiro atoms. The van der Waals surface area contributed by atoms with Crippen molar-refractivity contribution in [3.63, 3.8) is 0 Å². The molecule has 2 aromatic carbocycles. The fourth-order valence-corrected chi connectivity index (χ4v) is 5.12. The summed E-state index contributed by atoms with van der Waals surface area (Å²) in [6.07, 6.45) is 3.25. The van der Waals surface area contributed by atoms with Crippen molar-refractivity contribution in [1.82, 2.24) is 4.72 Å². The molecule has 1 heterocycles. The highest BCUT2D eigenvalue weighted by Gasteiger charge is 2.34. The van der Waals surface area contributed by atoms with Gasteiger partial charge in [-0.15, -0.1) is 11.8 Å². The van der Waals surface area contributed by atoms with Crippen LogP contribution in [-0.4, -0.2) is 32.9 Å². The number of nitrogens with one attached hydrogen (secondary N) is 1. The Morgan fingerprint density at radius 2 is 1.62 bits per heavy atom. The summed E-state index contributed by atoms with van der Waals surface area (Å²) in [4.78, 5) is 1.15. The molecule has 1 aliphatic heterocycles. The highest BCUT2D eigenvalue weighted by atomic mass is 32.2. The summed E-state index contributed by atoms with van der Waals surface area (Å²) >= 11 is 1.74. The van der Waals surface area contributed by atoms with Crippen LogP contribution in [-0.2, 0) is 14.8 Å². The number of rotatable bonds is 7. The maximum Gasteiger partial charge on any atom is 0.233 e. The van der Waals surface area contributed by atoms with Crippen molar-refractivity contribution in [2.75, 3.05) is 19.8 Å². The third-order valence-electron chi connectivity index (χ3n) is 4.32. The molecule has 26 heavy (non-hydrogen) atoms. The lowest BCUT2D eigenvalue weighted by Crippen LogP contribution is -2.43. The predicted molar refractivity (Wildman–Crippen MR) is 107 cm³/mol. The van der Waals surface area contributed by atoms with E-state index in [4.69, 9.17) is 4.74 Å². The van der Waals surface area contributed by atoms with Gasteiger partial charge in [0, 0.05) is 34.8 Å². The molecule has 6 heteroatoms. The zero-order chi connectivity index (χ0) is 18.3. The average Bonchev–Trinajstić information content (AvgIpc) is 2.68. The third kappa shape index (κ3) is 5.71. The topological polar surface area (TPSA) is 55.4 Å². The zero-order valence-electron chi connectivity index (χ0n) is 14.5. The summed E-state index contributed by atoms with van der Waals surface area (Å²) in [7, 11) is -3.49. The minimum absolute atomic E-state index is 0.187. The van der Waals surface area contributed by atoms with Crippen LogP contribution in [0.4, 0.5) is 0 Å². The maximum atomic E-state index is 12.4. The van der Waals surface area contributed by atoms with E-state index >= 15 is 0 Å². The fourth-order valence-electron chi connectivity index (χ4n) is 2.81. The molecule has 0 radical (unpaired) electrons. The zero-order valence-corrected chi connectivity index (χ0v) is 16.1. The Labute approximate surface area is 159 Å². The first-order chi connectivity index (χ1) is 12.6. The molecule has 3 rings (SSSR count). The van der Waals surface area contributed by atoms with Crippen molar-refractivity contribution >= 4 is 27.9 Å². The molecule has 1 fully saturated rings. The van der Waals surface area contributed by atoms with Crippen LogP contribution in [0, 0.1) is 0 Å². The van der Waals surface area contributed by atoms with E-state index in [-0.39, 0.29) is 4.75 Å². The first-order valence-corrected chi connectivity index (χ1v) is 11.0. The van der Waals surface area contributed by atoms with Gasteiger partial charge >= 0.3 is 0 Å². The summed E-state index contributed by atoms with van der Waals surface area (Å²) in [6.45, 7) is 1.69. The number of ether oxygens (including phenoxy) is 1. The van der Waals surface area contributed by atoms with E-state index in [1.54, 1.807) is 17.8 Å². The summed E-state index contributed by atoms with van der Waals surface area (Å²) < 4.78 is 32.9. The van der Waals surface area contributed by atoms with Crippen molar-refractivity contribution < 1.29 is 13.2 Å². The smallest absolute Gasteiger partial charge is 0.233 e. The van der Waals surface area contributed by atoms with Gasteiger partial charge in [0.1, 0.15) is 0 Å². The molecule has 0 unspecified atom stereocenters. The monoisotopic (exact) mass is 389 g/mol. The molecule has 1 N–H and O–H groups in total. The molecule has 0 atom stereocenters. The number of hydrogen-bond acceptors (Lipinski definition) is 4. The third-order valence-corrected chi connectivity index (χ3v) is 6.85. The van der Waals surface area contributed by atoms with E-state index in [1.165, 1.54) is 5.41 Å². The van der Waals surface area contributed by atoms with Crippen molar-refractivity contribution in [1.29, 1.82) is 0 Å². The Balaban J connectivity index is 1.68. The van der Waals surface area contributed by atoms with E-state index in [9.17, 15) is 8.42 Å². The number of thioether (sulfide) groups is 1. The Morgan fingerprint density at radius 3 is 2.27 bits per heavy atom. The Kier molecular flexibility index (Phi) is 6.53. The second-order valence-corrected chi connectivity index (χ2v) is 9.48. The molecule has 1 saturated heterocycles. The van der Waals surface area contributed by atoms with Gasteiger partial charge in [-0.2, -0.15) is 0 Å². The van der Waals surface area contributed by atoms with Gasteiger partial charge in [0.2, 0.25) is 10.0 Å². The Hall–Kier alpha value is -1.60. The summed E-state index contributed by atoms with van der Waals surface area (Å²) in [5, 5.41) is 1.24. The second-order valence-electron chi connectivity index (χ2n) is 6.29. The maximum absolute atomic E-state index is 12.4. The van der Waals surface area contributed by atoms with Crippen LogP contribution in [0.15, 0.2) is 71.0 Å². The lowest BCUT2D eigenvalue weighted by molar-refractivity contribution is 0.0784. The largest absolute Gasteiger partial charge is 0.381 e. The van der Waals surface area contributed by atoms with Crippen LogP contribution in [0.3, 0.4) is 0 Å². The van der Waals surface area contributed by atoms with Gasteiger partial charge in [0.05, 0.1) is 0 Å². The molecule has 0 amide bonds. The molecule has 1 aliphatic rings. The molecule has 4 nitrogen and oxygen atoms in total. The van der Waals surface area contributed by atoms with Crippen molar-refractivity contribution in [2.45, 2.75) is 22.5 Å². The van der Waals surface area contributed by atoms with Crippen LogP contribution >= 0.6 is 11.8 Å². The minimum Gasteiger partial charge on any atom is -0.381 e. The van der Waals surface area contributed by atoms with Crippen LogP contribution in [0.1, 0.15) is 18.4 Å². The summed E-state index contributed by atoms with van der Waals surface area (Å²) in [6, 6.07) is 19.5. The van der Waals surface area contributed by atoms with Gasteiger partial charge in [-0.1, -0.05) is 48.5 Å². The van der Waals surface area contributed by atoms with E-state index in [0.717, 1.165) is 23.3 Å². The van der Waals surface area contributed by atoms with Crippen molar-refractivity contribution in [3.8, 4) is 0 Å². The van der Waals surface area contributed by atoms with Crippen molar-refractivity contribution in [3.05, 3.63) is 71.6 Å². The van der Waals surface area contributed by atoms with Gasteiger partial charge in [-0.25, -0.2) is 13.1 Å². The molecule has 0 aliphatic carbocycles. The van der Waals surface area contributed by atoms with Crippen molar-refractivity contribution in [2.24, 2.45) is 0 Å². The standard InChI is InChI=1S/C20H23NO3S2/c22-26(23,16-11-18-7-3-1-4-8-18)21-17-20(12-14-24-15-13-20)25-19-9-5-2-6-10-19/h1-11,16,21H,12-15,17H2/b16-11+. The first-order valence-electron chi connectivity index (χ1n) is 8.62. The van der Waals surface area contributed by atoms with Crippen LogP contribution in [0.5, 0.6) is 0 Å². The average molecular weight is 390 g/mol. The van der Waals surface area contributed by atoms with Gasteiger partial charge < -0.3 is 4.74 Å². The number of sulfonamides is 1. The van der Waals surface area contributed by atoms with Crippen LogP contribution < -0.4 is 4.72 Å². The first kappa shape index (κ1) is 19.2. The second kappa shape index (κ2) is 8.86. The molecular weight excluding hydrogens is 366 g/mol. The summed E-state index contributed by atoms with van der Waals surface area (Å²) in [5.74, 6) is 0. The molecule has 0 aromatic heterocycles. The predicted octanol–water partition coefficient (Wildman–Crippen LogP) is 3.92. The van der Waals surface area contributed by atoms with Gasteiger partial charge in [-0.3, -0.25) is 0 Å². The van der Waals surface area contributed by atoms with Gasteiger partial charge in [-0.05, 0) is 36.6 Å². The lowest BCUT2D eigenvalue weighted by Gasteiger charge is -2.36. The highest BCUT2D eigenvalue weighted by Crippen LogP contribution is 2.40. The molecule has 138 valence electrons. The molecular formula is C20H23NO3S2. The minimum atomic E-state index is -3.49. The fraction of sp³-hybridized carbons (Fsp3) is 0.300. The van der Waals surface area contributed by atoms with E-state index in [0.29, 0.717) is 19.8 Å². The van der Waals surface area contributed by atoms with E-state index in [1.807, 2.05) is 48.5 Å². The van der Waals surface area contributed by atoms with Crippen LogP contribution in [0.2, 0.25) is 0 Å². The van der Waals surface area contributed by atoms with Crippen LogP contribution in [0.25, 0.3) is 6.08 Å². The molecule has 2 aromatic rings. The normalized spacial score (nSPS) is 17.4. The molecule has 0 bridgehead atoms. The number of hydrogen-bond donors (Lipinski definition) is 1. The Bertz CT molecular complexity index is 815. The quantitative estimate of drug-likeness (QED) is 0.780. The highest BCUT2D eigenvalue weighted by molar-refractivity contribution is 8.00. The van der Waals surface area contributed by atoms with E-state index < -0.39 is 10.0 Å². The van der Waals surface area contributed by atoms with Gasteiger partial charge in [0.25, 0.3) is 0 Å². The Morgan fingerprint density at radius 1 is 1.00 bits per heavy atom. The number of benzene rings is 2. The van der Waals surface area contributed by atoms with Gasteiger partial charge in [0.15, 0.2) is 0 Å². The summed E-state index contributed by atoms with van der Waals surface area (Å²) in [5.41, 5.74) is 0.859. The SMILES string of the molecule is O=S(=O)(/C=C/c1ccccc1)NCC1(Sc2ccccc2)CCOCC1. The van der Waals surface area contributed by atoms with E-state index in [2.05, 4.69) is 16.9 Å². The lowest BCUT2D eigenvalue weighted by atomic mass is 9.99.